The van der Waals surface area contributed by atoms with Crippen molar-refractivity contribution in [2.75, 3.05) is 59.3 Å². The molecule has 15 bridgehead atoms. The fourth-order valence-corrected chi connectivity index (χ4v) is 17.6. The lowest BCUT2D eigenvalue weighted by Crippen LogP contribution is -2.60. The molecule has 10 aliphatic rings. The predicted octanol–water partition coefficient (Wildman–Crippen LogP) is 3.19. The summed E-state index contributed by atoms with van der Waals surface area (Å²) in [5, 5.41) is 127. The molecule has 6 aliphatic heterocycles. The molecule has 16 rings (SSSR count). The summed E-state index contributed by atoms with van der Waals surface area (Å²) in [6.07, 6.45) is -8.90. The van der Waals surface area contributed by atoms with Crippen molar-refractivity contribution >= 4 is 70.6 Å². The zero-order valence-electron chi connectivity index (χ0n) is 67.8. The highest BCUT2D eigenvalue weighted by molar-refractivity contribution is 6.32. The van der Waals surface area contributed by atoms with E-state index in [9.17, 15) is 55.2 Å². The highest BCUT2D eigenvalue weighted by Crippen LogP contribution is 2.55. The second kappa shape index (κ2) is 38.5. The number of aromatic hydroxyl groups is 3. The molecule has 22 N–H and O–H groups in total. The van der Waals surface area contributed by atoms with E-state index in [0.29, 0.717) is 37.8 Å². The van der Waals surface area contributed by atoms with E-state index >= 15 is 28.8 Å². The minimum absolute atomic E-state index is 0.0500. The van der Waals surface area contributed by atoms with E-state index in [4.69, 9.17) is 45.8 Å². The SMILES string of the molecule is CNCCCOc1cc(NC(=O)NC(=O)C[C@@H]2NC(=O)[C@H](NC(=O)[C@@H](CC(C)C)NC)[C@H](O)c3ccc(c(C)c3)Oc3cc4cc(c3O[C@@H]3O[C@H](CN)[C@@H](O)[C@H](O)[C@H]3O)Oc3ccc(cc3Cl)[C@@H](O)[C@@H]3NC(=O)[C@H](NC(=O)[C@@H]4NC2=O)c2ccc(O)c(c2)-c2c(O)cc(O)cc2[C@@H](C(=O)NC2C4CC5CC(C4)CC2C5)NC3=O)cc(OCCCNC)c1. The number of hydrogen-bond acceptors (Lipinski definition) is 27. The Kier molecular flexibility index (Phi) is 28.0. The molecule has 4 aliphatic carbocycles. The summed E-state index contributed by atoms with van der Waals surface area (Å²) in [6, 6.07) is 4.11. The molecule has 122 heavy (non-hydrogen) atoms. The number of benzene rings is 6. The van der Waals surface area contributed by atoms with Gasteiger partial charge >= 0.3 is 6.03 Å². The van der Waals surface area contributed by atoms with Crippen molar-refractivity contribution in [2.24, 2.45) is 35.3 Å². The van der Waals surface area contributed by atoms with Crippen LogP contribution in [0.25, 0.3) is 11.1 Å². The number of anilines is 1. The summed E-state index contributed by atoms with van der Waals surface area (Å²) in [7, 11) is 5.05. The first-order valence-corrected chi connectivity index (χ1v) is 41.1. The van der Waals surface area contributed by atoms with Gasteiger partial charge in [-0.2, -0.15) is 0 Å². The summed E-state index contributed by atoms with van der Waals surface area (Å²) in [5.74, 6) is -12.3. The molecule has 0 radical (unpaired) electrons. The quantitative estimate of drug-likeness (QED) is 0.0410. The third-order valence-corrected chi connectivity index (χ3v) is 23.6. The second-order valence-electron chi connectivity index (χ2n) is 32.5. The average molecular weight is 1710 g/mol. The fraction of sp³-hybridized carbons (Fsp3) is 0.471. The Morgan fingerprint density at radius 1 is 0.615 bits per heavy atom. The van der Waals surface area contributed by atoms with Crippen LogP contribution in [0.15, 0.2) is 97.1 Å². The first-order chi connectivity index (χ1) is 58.4. The first-order valence-electron chi connectivity index (χ1n) is 40.7. The van der Waals surface area contributed by atoms with Crippen molar-refractivity contribution in [1.29, 1.82) is 0 Å². The van der Waals surface area contributed by atoms with Crippen molar-refractivity contribution < 1.29 is 112 Å². The first kappa shape index (κ1) is 88.6. The van der Waals surface area contributed by atoms with Gasteiger partial charge in [0.25, 0.3) is 0 Å². The van der Waals surface area contributed by atoms with E-state index in [0.717, 1.165) is 80.6 Å². The largest absolute Gasteiger partial charge is 0.508 e. The third kappa shape index (κ3) is 20.0. The van der Waals surface area contributed by atoms with Crippen molar-refractivity contribution in [3.63, 3.8) is 0 Å². The van der Waals surface area contributed by atoms with Crippen LogP contribution in [0, 0.1) is 36.5 Å². The Hall–Kier alpha value is -11.2. The number of amides is 10. The lowest BCUT2D eigenvalue weighted by molar-refractivity contribution is -0.270. The highest BCUT2D eigenvalue weighted by Gasteiger charge is 2.51. The summed E-state index contributed by atoms with van der Waals surface area (Å²) < 4.78 is 38.0. The third-order valence-electron chi connectivity index (χ3n) is 23.3. The standard InChI is InChI=1S/C85H104ClN13O23/c1-37(2)19-54(90-6)77(109)98-69-71(104)42-10-13-58(38(3)20-42)119-60-28-46-29-61(76(60)122-84-75(108)74(107)73(106)62(36-87)121-84)120-59-14-11-43(27-53(59)86)72(105)70-83(115)97-68(81(113)94-65-44-22-39-21-40(24-44)25-45(65)23-39)52-32-48(100)33-57(102)64(52)51-26-41(9-12-56(51)101)66(79(111)99-70)96-80(112)67(46)95-78(110)55(92-82(69)114)35-63(103)93-85(116)91-47-30-49(117-17-7-15-88-4)34-50(31-47)118-18-8-16-89-5/h9-14,20,26-34,37,39-40,44-45,54-55,62,65-75,84,88-90,100-102,104-108H,7-8,15-19,21-25,35-36,87H2,1-6H3,(H,92,114)(H,94,113)(H,95,110)(H,96,112)(H,97,115)(H,98,109)(H,99,111)(H2,91,93,103,116)/t39?,40?,44?,45?,54-,55+,62-,65?,66-,67-,68+,69-,70+,71-,72-,73-,74+,75-,84+/m1/s1. The normalized spacial score (nSPS) is 26.9. The van der Waals surface area contributed by atoms with E-state index in [-0.39, 0.29) is 116 Å². The summed E-state index contributed by atoms with van der Waals surface area (Å²) in [5.41, 5.74) is 4.30. The van der Waals surface area contributed by atoms with Crippen LogP contribution in [-0.2, 0) is 43.1 Å². The summed E-state index contributed by atoms with van der Waals surface area (Å²) >= 11 is 7.21. The number of halogens is 1. The van der Waals surface area contributed by atoms with Crippen LogP contribution in [0.4, 0.5) is 10.5 Å². The minimum atomic E-state index is -2.36. The number of aliphatic hydroxyl groups excluding tert-OH is 5. The van der Waals surface area contributed by atoms with Crippen molar-refractivity contribution in [3.05, 3.63) is 135 Å². The number of imide groups is 1. The van der Waals surface area contributed by atoms with Gasteiger partial charge in [-0.25, -0.2) is 4.79 Å². The van der Waals surface area contributed by atoms with Gasteiger partial charge in [0, 0.05) is 53.7 Å². The lowest BCUT2D eigenvalue weighted by Gasteiger charge is -2.54. The van der Waals surface area contributed by atoms with Gasteiger partial charge in [-0.15, -0.1) is 0 Å². The van der Waals surface area contributed by atoms with Crippen LogP contribution in [0.3, 0.4) is 0 Å². The molecule has 0 aromatic heterocycles. The number of phenols is 3. The number of nitrogens with one attached hydrogen (secondary N) is 12. The molecule has 654 valence electrons. The maximum atomic E-state index is 16.5. The van der Waals surface area contributed by atoms with Gasteiger partial charge in [0.1, 0.15) is 113 Å². The van der Waals surface area contributed by atoms with Gasteiger partial charge in [-0.3, -0.25) is 43.7 Å². The number of carbonyl (C=O) groups is 9. The minimum Gasteiger partial charge on any atom is -0.508 e. The molecule has 4 saturated carbocycles. The number of aliphatic hydroxyl groups is 5. The zero-order valence-corrected chi connectivity index (χ0v) is 68.6. The van der Waals surface area contributed by atoms with Gasteiger partial charge in [0.15, 0.2) is 11.5 Å². The van der Waals surface area contributed by atoms with Crippen LogP contribution >= 0.6 is 11.6 Å². The molecule has 14 atom stereocenters. The Morgan fingerprint density at radius 3 is 1.85 bits per heavy atom. The average Bonchev–Trinajstić information content (AvgIpc) is 0.762. The molecule has 0 unspecified atom stereocenters. The molecule has 36 nitrogen and oxygen atoms in total. The molecule has 6 aromatic rings. The number of carbonyl (C=O) groups excluding carboxylic acids is 9. The molecule has 5 fully saturated rings. The molecule has 0 spiro atoms. The van der Waals surface area contributed by atoms with E-state index in [1.807, 2.05) is 13.8 Å². The molecule has 10 amide bonds. The number of urea groups is 1. The lowest BCUT2D eigenvalue weighted by atomic mass is 9.54. The predicted molar refractivity (Wildman–Crippen MR) is 438 cm³/mol. The number of hydrogen-bond donors (Lipinski definition) is 21. The van der Waals surface area contributed by atoms with Gasteiger partial charge in [-0.05, 0) is 210 Å². The second-order valence-corrected chi connectivity index (χ2v) is 32.9. The van der Waals surface area contributed by atoms with Crippen LogP contribution < -0.4 is 93.2 Å². The van der Waals surface area contributed by atoms with Crippen LogP contribution in [0.1, 0.15) is 135 Å². The van der Waals surface area contributed by atoms with Crippen LogP contribution in [0.2, 0.25) is 5.02 Å². The number of rotatable bonds is 23. The molecular weight excluding hydrogens is 1610 g/mol. The monoisotopic (exact) mass is 1710 g/mol. The number of aryl methyl sites for hydroxylation is 1. The van der Waals surface area contributed by atoms with E-state index in [1.165, 1.54) is 56.4 Å². The van der Waals surface area contributed by atoms with Crippen molar-refractivity contribution in [1.82, 2.24) is 58.5 Å². The number of likely N-dealkylation sites (N-methyl/N-ethyl adjacent to an activating group) is 1. The van der Waals surface area contributed by atoms with Crippen LogP contribution in [0.5, 0.6) is 57.5 Å². The molecule has 37 heteroatoms. The molecule has 6 aromatic carbocycles. The van der Waals surface area contributed by atoms with Crippen molar-refractivity contribution in [3.8, 4) is 68.6 Å². The number of ether oxygens (including phenoxy) is 6. The number of phenolic OH excluding ortho intramolecular Hbond substituents is 3. The zero-order chi connectivity index (χ0) is 87.2. The summed E-state index contributed by atoms with van der Waals surface area (Å²) in [6.45, 7) is 6.45. The fourth-order valence-electron chi connectivity index (χ4n) is 17.4. The topological polar surface area (TPSA) is 541 Å². The number of fused-ring (bicyclic) bond motifs is 15. The van der Waals surface area contributed by atoms with E-state index < -0.39 is 192 Å². The molecule has 6 heterocycles. The maximum Gasteiger partial charge on any atom is 0.325 e. The Bertz CT molecular complexity index is 4880. The van der Waals surface area contributed by atoms with Gasteiger partial charge in [0.05, 0.1) is 30.7 Å². The maximum absolute atomic E-state index is 16.5. The van der Waals surface area contributed by atoms with E-state index in [2.05, 4.69) is 63.8 Å². The smallest absolute Gasteiger partial charge is 0.325 e. The Labute approximate surface area is 706 Å². The summed E-state index contributed by atoms with van der Waals surface area (Å²) in [4.78, 5) is 139. The highest BCUT2D eigenvalue weighted by atomic mass is 35.5. The Morgan fingerprint density at radius 2 is 1.23 bits per heavy atom. The van der Waals surface area contributed by atoms with Gasteiger partial charge in [0.2, 0.25) is 59.3 Å². The van der Waals surface area contributed by atoms with E-state index in [1.54, 1.807) is 20.2 Å². The van der Waals surface area contributed by atoms with Crippen LogP contribution in [-0.4, -0.2) is 209 Å². The van der Waals surface area contributed by atoms with Gasteiger partial charge < -0.3 is 133 Å². The number of nitrogens with two attached hydrogens (primary N) is 1. The Balaban J connectivity index is 0.976. The molecular formula is C85H104ClN13O23. The van der Waals surface area contributed by atoms with Crippen molar-refractivity contribution in [2.45, 2.75) is 170 Å². The molecule has 1 saturated heterocycles. The van der Waals surface area contributed by atoms with Gasteiger partial charge in [-0.1, -0.05) is 43.6 Å².